The van der Waals surface area contributed by atoms with Crippen LogP contribution in [0.4, 0.5) is 0 Å². The SMILES string of the molecule is O=S(=O)([O-])CCCCOc1ccc(-c2ccc(OCCCCS(=O)(=O)[O-])cc2)cc1. The number of hydrogen-bond donors (Lipinski definition) is 0. The molecule has 0 atom stereocenters. The highest BCUT2D eigenvalue weighted by atomic mass is 32.2. The second-order valence-corrected chi connectivity index (χ2v) is 9.73. The Morgan fingerprint density at radius 3 is 1.20 bits per heavy atom. The lowest BCUT2D eigenvalue weighted by Crippen LogP contribution is -2.06. The van der Waals surface area contributed by atoms with Crippen molar-refractivity contribution in [1.29, 1.82) is 0 Å². The topological polar surface area (TPSA) is 133 Å². The minimum Gasteiger partial charge on any atom is -0.748 e. The van der Waals surface area contributed by atoms with Crippen LogP contribution in [-0.4, -0.2) is 50.7 Å². The lowest BCUT2D eigenvalue weighted by atomic mass is 10.1. The second kappa shape index (κ2) is 11.3. The number of rotatable bonds is 13. The van der Waals surface area contributed by atoms with Gasteiger partial charge in [0.1, 0.15) is 11.5 Å². The molecule has 0 aliphatic carbocycles. The van der Waals surface area contributed by atoms with Crippen molar-refractivity contribution >= 4 is 20.2 Å². The van der Waals surface area contributed by atoms with Gasteiger partial charge in [0, 0.05) is 11.5 Å². The molecule has 10 heteroatoms. The third-order valence-electron chi connectivity index (χ3n) is 4.16. The first-order chi connectivity index (χ1) is 14.1. The van der Waals surface area contributed by atoms with Crippen molar-refractivity contribution in [2.24, 2.45) is 0 Å². The normalized spacial score (nSPS) is 11.9. The van der Waals surface area contributed by atoms with Crippen LogP contribution in [0.15, 0.2) is 48.5 Å². The van der Waals surface area contributed by atoms with E-state index >= 15 is 0 Å². The van der Waals surface area contributed by atoms with E-state index in [0.717, 1.165) is 11.1 Å². The van der Waals surface area contributed by atoms with Crippen LogP contribution in [0.3, 0.4) is 0 Å². The largest absolute Gasteiger partial charge is 0.748 e. The average Bonchev–Trinajstić information content (AvgIpc) is 2.67. The molecule has 8 nitrogen and oxygen atoms in total. The molecule has 0 amide bonds. The quantitative estimate of drug-likeness (QED) is 0.332. The molecular weight excluding hydrogens is 432 g/mol. The Labute approximate surface area is 177 Å². The molecule has 0 unspecified atom stereocenters. The summed E-state index contributed by atoms with van der Waals surface area (Å²) in [5, 5.41) is 0. The summed E-state index contributed by atoms with van der Waals surface area (Å²) in [7, 11) is -8.34. The summed E-state index contributed by atoms with van der Waals surface area (Å²) in [5.41, 5.74) is 1.96. The zero-order valence-electron chi connectivity index (χ0n) is 16.4. The van der Waals surface area contributed by atoms with Crippen LogP contribution in [0, 0.1) is 0 Å². The van der Waals surface area contributed by atoms with Crippen LogP contribution < -0.4 is 9.47 Å². The zero-order valence-corrected chi connectivity index (χ0v) is 18.0. The highest BCUT2D eigenvalue weighted by Crippen LogP contribution is 2.25. The minimum atomic E-state index is -4.17. The van der Waals surface area contributed by atoms with E-state index in [1.165, 1.54) is 0 Å². The van der Waals surface area contributed by atoms with Gasteiger partial charge in [-0.2, -0.15) is 0 Å². The third-order valence-corrected chi connectivity index (χ3v) is 5.73. The molecule has 30 heavy (non-hydrogen) atoms. The minimum absolute atomic E-state index is 0.274. The van der Waals surface area contributed by atoms with Crippen molar-refractivity contribution < 1.29 is 35.4 Å². The van der Waals surface area contributed by atoms with Gasteiger partial charge in [-0.1, -0.05) is 24.3 Å². The smallest absolute Gasteiger partial charge is 0.119 e. The Morgan fingerprint density at radius 1 is 0.567 bits per heavy atom. The number of ether oxygens (including phenoxy) is 2. The molecule has 2 aromatic carbocycles. The molecule has 0 N–H and O–H groups in total. The van der Waals surface area contributed by atoms with Crippen LogP contribution in [0.5, 0.6) is 11.5 Å². The van der Waals surface area contributed by atoms with Crippen LogP contribution in [0.25, 0.3) is 11.1 Å². The van der Waals surface area contributed by atoms with Gasteiger partial charge < -0.3 is 18.6 Å². The predicted molar refractivity (Wildman–Crippen MR) is 110 cm³/mol. The van der Waals surface area contributed by atoms with Gasteiger partial charge in [-0.05, 0) is 61.1 Å². The molecule has 0 aliphatic heterocycles. The van der Waals surface area contributed by atoms with Gasteiger partial charge in [0.15, 0.2) is 0 Å². The van der Waals surface area contributed by atoms with Crippen molar-refractivity contribution in [3.63, 3.8) is 0 Å². The summed E-state index contributed by atoms with van der Waals surface area (Å²) in [6.45, 7) is 0.670. The fraction of sp³-hybridized carbons (Fsp3) is 0.400. The maximum Gasteiger partial charge on any atom is 0.119 e. The van der Waals surface area contributed by atoms with Crippen molar-refractivity contribution in [2.45, 2.75) is 25.7 Å². The summed E-state index contributed by atoms with van der Waals surface area (Å²) in [6.07, 6.45) is 1.51. The van der Waals surface area contributed by atoms with Gasteiger partial charge >= 0.3 is 0 Å². The molecule has 0 saturated heterocycles. The van der Waals surface area contributed by atoms with Crippen molar-refractivity contribution in [2.75, 3.05) is 24.7 Å². The Kier molecular flexibility index (Phi) is 9.09. The number of benzene rings is 2. The molecule has 0 heterocycles. The number of unbranched alkanes of at least 4 members (excludes halogenated alkanes) is 2. The first-order valence-corrected chi connectivity index (χ1v) is 12.6. The molecule has 0 radical (unpaired) electrons. The predicted octanol–water partition coefficient (Wildman–Crippen LogP) is 2.76. The fourth-order valence-corrected chi connectivity index (χ4v) is 3.74. The fourth-order valence-electron chi connectivity index (χ4n) is 2.63. The summed E-state index contributed by atoms with van der Waals surface area (Å²) in [6, 6.07) is 14.9. The molecule has 0 spiro atoms. The van der Waals surface area contributed by atoms with E-state index in [4.69, 9.17) is 9.47 Å². The summed E-state index contributed by atoms with van der Waals surface area (Å²) >= 11 is 0. The highest BCUT2D eigenvalue weighted by molar-refractivity contribution is 7.85. The summed E-state index contributed by atoms with van der Waals surface area (Å²) < 4.78 is 74.3. The molecule has 0 aromatic heterocycles. The van der Waals surface area contributed by atoms with E-state index in [9.17, 15) is 25.9 Å². The van der Waals surface area contributed by atoms with Crippen LogP contribution >= 0.6 is 0 Å². The highest BCUT2D eigenvalue weighted by Gasteiger charge is 2.02. The number of hydrogen-bond acceptors (Lipinski definition) is 8. The summed E-state index contributed by atoms with van der Waals surface area (Å²) in [5.74, 6) is 0.557. The lowest BCUT2D eigenvalue weighted by Gasteiger charge is -2.10. The van der Waals surface area contributed by atoms with Crippen LogP contribution in [-0.2, 0) is 20.2 Å². The van der Waals surface area contributed by atoms with Crippen molar-refractivity contribution in [1.82, 2.24) is 0 Å². The van der Waals surface area contributed by atoms with E-state index in [1.54, 1.807) is 0 Å². The molecule has 0 fully saturated rings. The second-order valence-electron chi connectivity index (χ2n) is 6.68. The van der Waals surface area contributed by atoms with Gasteiger partial charge in [-0.3, -0.25) is 0 Å². The Hall–Kier alpha value is -2.14. The van der Waals surface area contributed by atoms with Gasteiger partial charge in [-0.25, -0.2) is 16.8 Å². The Morgan fingerprint density at radius 2 is 0.900 bits per heavy atom. The van der Waals surface area contributed by atoms with Crippen molar-refractivity contribution in [3.8, 4) is 22.6 Å². The lowest BCUT2D eigenvalue weighted by molar-refractivity contribution is 0.308. The molecule has 0 aliphatic rings. The first kappa shape index (κ1) is 24.1. The molecule has 0 bridgehead atoms. The molecular formula is C20H24O8S2-2. The maximum absolute atomic E-state index is 10.5. The van der Waals surface area contributed by atoms with Crippen LogP contribution in [0.1, 0.15) is 25.7 Å². The van der Waals surface area contributed by atoms with E-state index in [2.05, 4.69) is 0 Å². The third kappa shape index (κ3) is 10.1. The standard InChI is InChI=1S/C20H26O8S2/c21-29(22,23)15-3-1-13-27-19-9-5-17(6-10-19)18-7-11-20(12-8-18)28-14-2-4-16-30(24,25)26/h5-12H,1-4,13-16H2,(H,21,22,23)(H,24,25,26)/p-2. The zero-order chi connectivity index (χ0) is 22.0. The van der Waals surface area contributed by atoms with E-state index in [1.807, 2.05) is 48.5 Å². The summed E-state index contributed by atoms with van der Waals surface area (Å²) in [4.78, 5) is 0. The maximum atomic E-state index is 10.5. The van der Waals surface area contributed by atoms with Gasteiger partial charge in [0.05, 0.1) is 33.5 Å². The Balaban J connectivity index is 1.75. The molecule has 0 saturated carbocycles. The van der Waals surface area contributed by atoms with E-state index in [0.29, 0.717) is 37.6 Å². The average molecular weight is 457 g/mol. The van der Waals surface area contributed by atoms with Gasteiger partial charge in [-0.15, -0.1) is 0 Å². The first-order valence-electron chi connectivity index (χ1n) is 9.46. The molecule has 166 valence electrons. The molecule has 2 rings (SSSR count). The monoisotopic (exact) mass is 456 g/mol. The van der Waals surface area contributed by atoms with Gasteiger partial charge in [0.2, 0.25) is 0 Å². The van der Waals surface area contributed by atoms with E-state index in [-0.39, 0.29) is 24.3 Å². The van der Waals surface area contributed by atoms with Gasteiger partial charge in [0.25, 0.3) is 0 Å². The molecule has 2 aromatic rings. The van der Waals surface area contributed by atoms with E-state index < -0.39 is 20.2 Å². The Bertz CT molecular complexity index is 899. The van der Waals surface area contributed by atoms with Crippen LogP contribution in [0.2, 0.25) is 0 Å². The van der Waals surface area contributed by atoms with Crippen molar-refractivity contribution in [3.05, 3.63) is 48.5 Å².